The van der Waals surface area contributed by atoms with Gasteiger partial charge in [-0.1, -0.05) is 19.0 Å². The number of hydrogen-bond acceptors (Lipinski definition) is 5. The molecule has 0 aliphatic rings. The lowest BCUT2D eigenvalue weighted by atomic mass is 10.0. The van der Waals surface area contributed by atoms with Gasteiger partial charge in [-0.05, 0) is 26.2 Å². The van der Waals surface area contributed by atoms with Gasteiger partial charge in [0, 0.05) is 33.2 Å². The van der Waals surface area contributed by atoms with Crippen molar-refractivity contribution < 1.29 is 9.26 Å². The van der Waals surface area contributed by atoms with E-state index in [4.69, 9.17) is 9.26 Å². The fourth-order valence-electron chi connectivity index (χ4n) is 2.11. The monoisotopic (exact) mass is 439 g/mol. The second kappa shape index (κ2) is 12.5. The lowest BCUT2D eigenvalue weighted by molar-refractivity contribution is 0.0258. The van der Waals surface area contributed by atoms with Crippen LogP contribution in [-0.4, -0.2) is 48.9 Å². The van der Waals surface area contributed by atoms with Crippen molar-refractivity contribution in [3.8, 4) is 0 Å². The summed E-state index contributed by atoms with van der Waals surface area (Å²) in [6.07, 6.45) is 1.90. The summed E-state index contributed by atoms with van der Waals surface area (Å²) in [5.41, 5.74) is 0. The minimum Gasteiger partial charge on any atom is -0.378 e. The molecular weight excluding hydrogens is 409 g/mol. The molecule has 0 aliphatic heterocycles. The molecule has 0 bridgehead atoms. The fourth-order valence-corrected chi connectivity index (χ4v) is 2.11. The molecule has 1 unspecified atom stereocenters. The molecule has 0 aliphatic carbocycles. The zero-order valence-corrected chi connectivity index (χ0v) is 17.1. The van der Waals surface area contributed by atoms with Crippen molar-refractivity contribution in [2.75, 3.05) is 26.7 Å². The van der Waals surface area contributed by atoms with E-state index in [0.717, 1.165) is 25.5 Å². The summed E-state index contributed by atoms with van der Waals surface area (Å²) in [7, 11) is 1.76. The maximum absolute atomic E-state index is 5.73. The highest BCUT2D eigenvalue weighted by atomic mass is 127. The van der Waals surface area contributed by atoms with Crippen LogP contribution in [0.3, 0.4) is 0 Å². The molecule has 0 amide bonds. The first-order valence-electron chi connectivity index (χ1n) is 7.92. The van der Waals surface area contributed by atoms with Gasteiger partial charge >= 0.3 is 0 Å². The number of aryl methyl sites for hydroxylation is 1. The first-order chi connectivity index (χ1) is 10.6. The standard InChI is InChI=1S/C15H29N5O2.HI/c1-6-21-13(11(2)3)7-9-17-15(16-5)18-10-8-14-19-12(4)20-22-14;/h11,13H,6-10H2,1-5H3,(H2,16,17,18);1H. The molecule has 8 heteroatoms. The van der Waals surface area contributed by atoms with Gasteiger partial charge in [0.2, 0.25) is 5.89 Å². The lowest BCUT2D eigenvalue weighted by Crippen LogP contribution is -2.40. The summed E-state index contributed by atoms with van der Waals surface area (Å²) in [6.45, 7) is 10.5. The Bertz CT molecular complexity index is 451. The van der Waals surface area contributed by atoms with Crippen molar-refractivity contribution >= 4 is 29.9 Å². The van der Waals surface area contributed by atoms with Crippen LogP contribution in [0.2, 0.25) is 0 Å². The van der Waals surface area contributed by atoms with Gasteiger partial charge in [0.15, 0.2) is 11.8 Å². The van der Waals surface area contributed by atoms with E-state index >= 15 is 0 Å². The Morgan fingerprint density at radius 1 is 1.30 bits per heavy atom. The Hall–Kier alpha value is -0.900. The van der Waals surface area contributed by atoms with Crippen LogP contribution in [0.15, 0.2) is 9.52 Å². The molecule has 0 saturated carbocycles. The van der Waals surface area contributed by atoms with Crippen molar-refractivity contribution in [2.24, 2.45) is 10.9 Å². The highest BCUT2D eigenvalue weighted by Crippen LogP contribution is 2.09. The quantitative estimate of drug-likeness (QED) is 0.349. The molecule has 23 heavy (non-hydrogen) atoms. The minimum atomic E-state index is 0. The average molecular weight is 439 g/mol. The molecular formula is C15H30IN5O2. The number of nitrogens with zero attached hydrogens (tertiary/aromatic N) is 3. The largest absolute Gasteiger partial charge is 0.378 e. The van der Waals surface area contributed by atoms with Gasteiger partial charge in [0.25, 0.3) is 0 Å². The smallest absolute Gasteiger partial charge is 0.228 e. The van der Waals surface area contributed by atoms with E-state index < -0.39 is 0 Å². The van der Waals surface area contributed by atoms with Gasteiger partial charge in [-0.3, -0.25) is 4.99 Å². The molecule has 134 valence electrons. The maximum atomic E-state index is 5.73. The number of guanidine groups is 1. The van der Waals surface area contributed by atoms with Crippen LogP contribution in [-0.2, 0) is 11.2 Å². The number of rotatable bonds is 9. The highest BCUT2D eigenvalue weighted by molar-refractivity contribution is 14.0. The zero-order chi connectivity index (χ0) is 16.4. The van der Waals surface area contributed by atoms with Crippen LogP contribution in [0.5, 0.6) is 0 Å². The van der Waals surface area contributed by atoms with Crippen LogP contribution < -0.4 is 10.6 Å². The summed E-state index contributed by atoms with van der Waals surface area (Å²) in [6, 6.07) is 0. The van der Waals surface area contributed by atoms with E-state index in [-0.39, 0.29) is 30.1 Å². The van der Waals surface area contributed by atoms with Gasteiger partial charge in [-0.2, -0.15) is 4.98 Å². The molecule has 0 radical (unpaired) electrons. The van der Waals surface area contributed by atoms with E-state index in [9.17, 15) is 0 Å². The number of aromatic nitrogens is 2. The first kappa shape index (κ1) is 22.1. The van der Waals surface area contributed by atoms with E-state index in [1.54, 1.807) is 7.05 Å². The normalized spacial score (nSPS) is 12.9. The number of ether oxygens (including phenoxy) is 1. The third kappa shape index (κ3) is 9.09. The van der Waals surface area contributed by atoms with E-state index in [1.165, 1.54) is 0 Å². The predicted octanol–water partition coefficient (Wildman–Crippen LogP) is 2.15. The van der Waals surface area contributed by atoms with Crippen molar-refractivity contribution in [3.05, 3.63) is 11.7 Å². The van der Waals surface area contributed by atoms with Gasteiger partial charge in [-0.25, -0.2) is 0 Å². The third-order valence-corrected chi connectivity index (χ3v) is 3.27. The van der Waals surface area contributed by atoms with Crippen molar-refractivity contribution in [2.45, 2.75) is 46.6 Å². The molecule has 0 fully saturated rings. The summed E-state index contributed by atoms with van der Waals surface area (Å²) >= 11 is 0. The van der Waals surface area contributed by atoms with E-state index in [1.807, 2.05) is 13.8 Å². The molecule has 1 heterocycles. The molecule has 1 rings (SSSR count). The molecule has 0 aromatic carbocycles. The van der Waals surface area contributed by atoms with Crippen LogP contribution >= 0.6 is 24.0 Å². The number of aliphatic imine (C=N–C) groups is 1. The van der Waals surface area contributed by atoms with Crippen LogP contribution in [0.1, 0.15) is 38.9 Å². The van der Waals surface area contributed by atoms with Crippen molar-refractivity contribution in [3.63, 3.8) is 0 Å². The van der Waals surface area contributed by atoms with Gasteiger partial charge in [-0.15, -0.1) is 24.0 Å². The highest BCUT2D eigenvalue weighted by Gasteiger charge is 2.13. The second-order valence-electron chi connectivity index (χ2n) is 5.44. The molecule has 7 nitrogen and oxygen atoms in total. The molecule has 1 aromatic rings. The Kier molecular flexibility index (Phi) is 12.0. The fraction of sp³-hybridized carbons (Fsp3) is 0.800. The Balaban J connectivity index is 0.00000484. The molecule has 0 spiro atoms. The predicted molar refractivity (Wildman–Crippen MR) is 102 cm³/mol. The zero-order valence-electron chi connectivity index (χ0n) is 14.8. The average Bonchev–Trinajstić information content (AvgIpc) is 2.90. The first-order valence-corrected chi connectivity index (χ1v) is 7.92. The SMILES string of the molecule is CCOC(CCNC(=NC)NCCc1nc(C)no1)C(C)C.I. The Labute approximate surface area is 156 Å². The summed E-state index contributed by atoms with van der Waals surface area (Å²) in [5, 5.41) is 10.3. The van der Waals surface area contributed by atoms with E-state index in [2.05, 4.69) is 39.6 Å². The van der Waals surface area contributed by atoms with E-state index in [0.29, 0.717) is 30.6 Å². The van der Waals surface area contributed by atoms with Crippen molar-refractivity contribution in [1.29, 1.82) is 0 Å². The lowest BCUT2D eigenvalue weighted by Gasteiger charge is -2.21. The summed E-state index contributed by atoms with van der Waals surface area (Å²) in [4.78, 5) is 8.36. The van der Waals surface area contributed by atoms with Gasteiger partial charge in [0.05, 0.1) is 6.10 Å². The summed E-state index contributed by atoms with van der Waals surface area (Å²) in [5.74, 6) is 2.58. The van der Waals surface area contributed by atoms with Crippen molar-refractivity contribution in [1.82, 2.24) is 20.8 Å². The Morgan fingerprint density at radius 3 is 2.52 bits per heavy atom. The number of hydrogen-bond donors (Lipinski definition) is 2. The molecule has 1 aromatic heterocycles. The molecule has 1 atom stereocenters. The van der Waals surface area contributed by atoms with Gasteiger partial charge < -0.3 is 19.9 Å². The van der Waals surface area contributed by atoms with Crippen LogP contribution in [0.25, 0.3) is 0 Å². The number of nitrogens with one attached hydrogen (secondary N) is 2. The number of halogens is 1. The third-order valence-electron chi connectivity index (χ3n) is 3.27. The molecule has 0 saturated heterocycles. The second-order valence-corrected chi connectivity index (χ2v) is 5.44. The van der Waals surface area contributed by atoms with Crippen LogP contribution in [0, 0.1) is 12.8 Å². The van der Waals surface area contributed by atoms with Crippen LogP contribution in [0.4, 0.5) is 0 Å². The maximum Gasteiger partial charge on any atom is 0.228 e. The Morgan fingerprint density at radius 2 is 2.00 bits per heavy atom. The molecule has 2 N–H and O–H groups in total. The minimum absolute atomic E-state index is 0. The van der Waals surface area contributed by atoms with Gasteiger partial charge in [0.1, 0.15) is 0 Å². The summed E-state index contributed by atoms with van der Waals surface area (Å²) < 4.78 is 10.8. The topological polar surface area (TPSA) is 84.6 Å².